The molecule has 2 aromatic heterocycles. The summed E-state index contributed by atoms with van der Waals surface area (Å²) in [5, 5.41) is 9.56. The number of benzene rings is 1. The van der Waals surface area contributed by atoms with E-state index < -0.39 is 5.97 Å². The second-order valence-electron chi connectivity index (χ2n) is 5.82. The molecule has 0 bridgehead atoms. The van der Waals surface area contributed by atoms with Crippen molar-refractivity contribution in [1.29, 1.82) is 5.26 Å². The summed E-state index contributed by atoms with van der Waals surface area (Å²) in [5.41, 5.74) is 1.61. The first-order valence-corrected chi connectivity index (χ1v) is 8.68. The molecule has 1 aromatic carbocycles. The lowest BCUT2D eigenvalue weighted by molar-refractivity contribution is 0.0462. The van der Waals surface area contributed by atoms with E-state index in [1.54, 1.807) is 29.5 Å². The summed E-state index contributed by atoms with van der Waals surface area (Å²) in [7, 11) is 0. The number of nitrogens with one attached hydrogen (secondary N) is 1. The third-order valence-electron chi connectivity index (χ3n) is 4.19. The molecule has 0 saturated heterocycles. The van der Waals surface area contributed by atoms with Crippen molar-refractivity contribution in [3.05, 3.63) is 62.0 Å². The molecule has 124 valence electrons. The Bertz CT molecular complexity index is 1090. The Labute approximate surface area is 146 Å². The highest BCUT2D eigenvalue weighted by Gasteiger charge is 2.21. The molecular formula is C18H13N3O3S. The largest absolute Gasteiger partial charge is 0.454 e. The highest BCUT2D eigenvalue weighted by Crippen LogP contribution is 2.34. The number of rotatable bonds is 3. The molecule has 3 aromatic rings. The van der Waals surface area contributed by atoms with Crippen LogP contribution < -0.4 is 5.56 Å². The summed E-state index contributed by atoms with van der Waals surface area (Å²) in [6.45, 7) is -0.122. The first kappa shape index (κ1) is 15.5. The van der Waals surface area contributed by atoms with Crippen LogP contribution in [0.25, 0.3) is 10.2 Å². The Balaban J connectivity index is 1.56. The van der Waals surface area contributed by atoms with Gasteiger partial charge in [-0.15, -0.1) is 11.3 Å². The fourth-order valence-electron chi connectivity index (χ4n) is 3.05. The van der Waals surface area contributed by atoms with E-state index in [2.05, 4.69) is 9.97 Å². The van der Waals surface area contributed by atoms with Crippen molar-refractivity contribution in [2.45, 2.75) is 25.9 Å². The molecule has 0 unspecified atom stereocenters. The number of ether oxygens (including phenoxy) is 1. The molecule has 0 aliphatic heterocycles. The zero-order valence-electron chi connectivity index (χ0n) is 13.2. The number of carbonyl (C=O) groups is 1. The molecule has 2 heterocycles. The summed E-state index contributed by atoms with van der Waals surface area (Å²) in [5.74, 6) is -0.240. The zero-order chi connectivity index (χ0) is 17.4. The summed E-state index contributed by atoms with van der Waals surface area (Å²) in [6, 6.07) is 8.25. The number of hydrogen-bond donors (Lipinski definition) is 1. The fourth-order valence-corrected chi connectivity index (χ4v) is 4.33. The van der Waals surface area contributed by atoms with Crippen molar-refractivity contribution in [1.82, 2.24) is 9.97 Å². The summed E-state index contributed by atoms with van der Waals surface area (Å²) in [6.07, 6.45) is 3.00. The van der Waals surface area contributed by atoms with Crippen LogP contribution in [-0.2, 0) is 24.2 Å². The van der Waals surface area contributed by atoms with Crippen molar-refractivity contribution in [3.63, 3.8) is 0 Å². The maximum atomic E-state index is 12.4. The van der Waals surface area contributed by atoms with Crippen LogP contribution in [0.3, 0.4) is 0 Å². The Morgan fingerprint density at radius 2 is 2.28 bits per heavy atom. The van der Waals surface area contributed by atoms with Gasteiger partial charge in [-0.05, 0) is 43.0 Å². The maximum Gasteiger partial charge on any atom is 0.338 e. The average molecular weight is 351 g/mol. The highest BCUT2D eigenvalue weighted by atomic mass is 32.1. The molecule has 0 atom stereocenters. The number of carbonyl (C=O) groups excluding carboxylic acids is 1. The Hall–Kier alpha value is -2.98. The van der Waals surface area contributed by atoms with E-state index in [0.29, 0.717) is 21.6 Å². The van der Waals surface area contributed by atoms with E-state index in [9.17, 15) is 9.59 Å². The molecule has 4 rings (SSSR count). The lowest BCUT2D eigenvalue weighted by Crippen LogP contribution is -2.14. The molecule has 1 N–H and O–H groups in total. The Kier molecular flexibility index (Phi) is 3.82. The SMILES string of the molecule is N#Cc1cccc(C(=O)OCc2nc3sc4c(c3c(=O)[nH]2)CCC4)c1. The molecule has 1 aliphatic carbocycles. The first-order valence-electron chi connectivity index (χ1n) is 7.86. The molecule has 7 heteroatoms. The van der Waals surface area contributed by atoms with Crippen LogP contribution >= 0.6 is 11.3 Å². The van der Waals surface area contributed by atoms with Crippen LogP contribution in [-0.4, -0.2) is 15.9 Å². The van der Waals surface area contributed by atoms with Crippen LogP contribution in [0, 0.1) is 11.3 Å². The molecule has 0 saturated carbocycles. The molecule has 1 aliphatic rings. The molecule has 0 spiro atoms. The van der Waals surface area contributed by atoms with Crippen LogP contribution in [0.15, 0.2) is 29.1 Å². The van der Waals surface area contributed by atoms with Crippen LogP contribution in [0.2, 0.25) is 0 Å². The number of fused-ring (bicyclic) bond motifs is 3. The second-order valence-corrected chi connectivity index (χ2v) is 6.90. The molecule has 0 fully saturated rings. The van der Waals surface area contributed by atoms with Gasteiger partial charge in [0.15, 0.2) is 0 Å². The standard InChI is InChI=1S/C18H13N3O3S/c19-8-10-3-1-4-11(7-10)18(23)24-9-14-20-16(22)15-12-5-2-6-13(12)25-17(15)21-14/h1,3-4,7H,2,5-6,9H2,(H,20,21,22). The number of nitriles is 1. The molecule has 0 radical (unpaired) electrons. The second kappa shape index (κ2) is 6.15. The van der Waals surface area contributed by atoms with Gasteiger partial charge in [0.1, 0.15) is 17.3 Å². The fraction of sp³-hybridized carbons (Fsp3) is 0.222. The molecular weight excluding hydrogens is 338 g/mol. The minimum Gasteiger partial charge on any atom is -0.454 e. The minimum atomic E-state index is -0.562. The van der Waals surface area contributed by atoms with E-state index in [1.807, 2.05) is 6.07 Å². The molecule has 6 nitrogen and oxygen atoms in total. The predicted molar refractivity (Wildman–Crippen MR) is 92.5 cm³/mol. The summed E-state index contributed by atoms with van der Waals surface area (Å²) >= 11 is 1.54. The Morgan fingerprint density at radius 1 is 1.40 bits per heavy atom. The van der Waals surface area contributed by atoms with Gasteiger partial charge in [0, 0.05) is 4.88 Å². The van der Waals surface area contributed by atoms with Gasteiger partial charge in [0.2, 0.25) is 0 Å². The monoisotopic (exact) mass is 351 g/mol. The van der Waals surface area contributed by atoms with Gasteiger partial charge in [-0.25, -0.2) is 9.78 Å². The van der Waals surface area contributed by atoms with Crippen molar-refractivity contribution in [2.75, 3.05) is 0 Å². The lowest BCUT2D eigenvalue weighted by Gasteiger charge is -2.05. The minimum absolute atomic E-state index is 0.122. The Morgan fingerprint density at radius 3 is 3.12 bits per heavy atom. The van der Waals surface area contributed by atoms with Crippen molar-refractivity contribution in [2.24, 2.45) is 0 Å². The summed E-state index contributed by atoms with van der Waals surface area (Å²) in [4.78, 5) is 33.5. The number of aryl methyl sites for hydroxylation is 2. The number of hydrogen-bond acceptors (Lipinski definition) is 6. The molecule has 0 amide bonds. The average Bonchev–Trinajstić information content (AvgIpc) is 3.20. The summed E-state index contributed by atoms with van der Waals surface area (Å²) < 4.78 is 5.22. The van der Waals surface area contributed by atoms with Crippen LogP contribution in [0.4, 0.5) is 0 Å². The number of aromatic amines is 1. The third kappa shape index (κ3) is 2.81. The van der Waals surface area contributed by atoms with Crippen molar-refractivity contribution >= 4 is 27.5 Å². The first-order chi connectivity index (χ1) is 12.2. The van der Waals surface area contributed by atoms with Gasteiger partial charge < -0.3 is 9.72 Å². The predicted octanol–water partition coefficient (Wildman–Crippen LogP) is 2.70. The smallest absolute Gasteiger partial charge is 0.338 e. The number of thiophene rings is 1. The highest BCUT2D eigenvalue weighted by molar-refractivity contribution is 7.18. The normalized spacial score (nSPS) is 12.8. The van der Waals surface area contributed by atoms with E-state index >= 15 is 0 Å². The van der Waals surface area contributed by atoms with Gasteiger partial charge in [-0.3, -0.25) is 4.79 Å². The number of H-pyrrole nitrogens is 1. The van der Waals surface area contributed by atoms with Crippen LogP contribution in [0.1, 0.15) is 38.6 Å². The molecule has 25 heavy (non-hydrogen) atoms. The topological polar surface area (TPSA) is 95.8 Å². The maximum absolute atomic E-state index is 12.4. The third-order valence-corrected chi connectivity index (χ3v) is 5.38. The van der Waals surface area contributed by atoms with Crippen molar-refractivity contribution in [3.8, 4) is 6.07 Å². The van der Waals surface area contributed by atoms with Gasteiger partial charge in [0.05, 0.1) is 22.6 Å². The lowest BCUT2D eigenvalue weighted by atomic mass is 10.1. The number of nitrogens with zero attached hydrogens (tertiary/aromatic N) is 2. The van der Waals surface area contributed by atoms with Crippen LogP contribution in [0.5, 0.6) is 0 Å². The van der Waals surface area contributed by atoms with Gasteiger partial charge in [-0.1, -0.05) is 6.07 Å². The van der Waals surface area contributed by atoms with E-state index in [1.165, 1.54) is 10.9 Å². The number of esters is 1. The van der Waals surface area contributed by atoms with Gasteiger partial charge in [-0.2, -0.15) is 5.26 Å². The quantitative estimate of drug-likeness (QED) is 0.732. The van der Waals surface area contributed by atoms with Gasteiger partial charge in [0.25, 0.3) is 5.56 Å². The van der Waals surface area contributed by atoms with Crippen molar-refractivity contribution < 1.29 is 9.53 Å². The van der Waals surface area contributed by atoms with E-state index in [0.717, 1.165) is 24.8 Å². The van der Waals surface area contributed by atoms with E-state index in [4.69, 9.17) is 10.00 Å². The number of aromatic nitrogens is 2. The van der Waals surface area contributed by atoms with Gasteiger partial charge >= 0.3 is 5.97 Å². The zero-order valence-corrected chi connectivity index (χ0v) is 14.0. The van der Waals surface area contributed by atoms with E-state index in [-0.39, 0.29) is 17.7 Å².